The summed E-state index contributed by atoms with van der Waals surface area (Å²) in [6.45, 7) is 6.37. The Morgan fingerprint density at radius 2 is 2.25 bits per heavy atom. The van der Waals surface area contributed by atoms with Crippen molar-refractivity contribution >= 4 is 11.7 Å². The van der Waals surface area contributed by atoms with E-state index < -0.39 is 5.91 Å². The molecule has 0 bridgehead atoms. The first-order valence-corrected chi connectivity index (χ1v) is 5.57. The predicted molar refractivity (Wildman–Crippen MR) is 65.3 cm³/mol. The van der Waals surface area contributed by atoms with E-state index in [1.54, 1.807) is 18.3 Å². The number of rotatable bonds is 5. The van der Waals surface area contributed by atoms with E-state index in [-0.39, 0.29) is 0 Å². The van der Waals surface area contributed by atoms with E-state index >= 15 is 0 Å². The SMILES string of the molecule is CCC(Nc1ncccc1C(N)=O)C(C)C. The van der Waals surface area contributed by atoms with Crippen LogP contribution in [0.25, 0.3) is 0 Å². The highest BCUT2D eigenvalue weighted by Crippen LogP contribution is 2.16. The van der Waals surface area contributed by atoms with Crippen molar-refractivity contribution in [2.24, 2.45) is 11.7 Å². The van der Waals surface area contributed by atoms with Gasteiger partial charge in [0.05, 0.1) is 5.56 Å². The van der Waals surface area contributed by atoms with E-state index in [0.717, 1.165) is 6.42 Å². The summed E-state index contributed by atoms with van der Waals surface area (Å²) in [5.74, 6) is 0.609. The summed E-state index contributed by atoms with van der Waals surface area (Å²) >= 11 is 0. The summed E-state index contributed by atoms with van der Waals surface area (Å²) in [4.78, 5) is 15.4. The number of nitrogens with two attached hydrogens (primary N) is 1. The second-order valence-electron chi connectivity index (χ2n) is 4.17. The van der Waals surface area contributed by atoms with Gasteiger partial charge in [0, 0.05) is 12.2 Å². The van der Waals surface area contributed by atoms with Gasteiger partial charge in [0.25, 0.3) is 5.91 Å². The average molecular weight is 221 g/mol. The molecule has 4 heteroatoms. The molecular formula is C12H19N3O. The molecule has 1 aromatic rings. The topological polar surface area (TPSA) is 68.0 Å². The minimum Gasteiger partial charge on any atom is -0.366 e. The lowest BCUT2D eigenvalue weighted by molar-refractivity contribution is 0.100. The van der Waals surface area contributed by atoms with E-state index in [0.29, 0.717) is 23.3 Å². The van der Waals surface area contributed by atoms with Crippen LogP contribution in [-0.4, -0.2) is 16.9 Å². The third-order valence-corrected chi connectivity index (χ3v) is 2.64. The standard InChI is InChI=1S/C12H19N3O/c1-4-10(8(2)3)15-12-9(11(13)16)6-5-7-14-12/h5-8,10H,4H2,1-3H3,(H2,13,16)(H,14,15). The summed E-state index contributed by atoms with van der Waals surface area (Å²) in [7, 11) is 0. The Hall–Kier alpha value is -1.58. The first-order chi connectivity index (χ1) is 7.56. The highest BCUT2D eigenvalue weighted by atomic mass is 16.1. The molecule has 1 amide bonds. The van der Waals surface area contributed by atoms with Gasteiger partial charge in [-0.05, 0) is 24.5 Å². The lowest BCUT2D eigenvalue weighted by Crippen LogP contribution is -2.27. The minimum atomic E-state index is -0.450. The lowest BCUT2D eigenvalue weighted by Gasteiger charge is -2.22. The summed E-state index contributed by atoms with van der Waals surface area (Å²) < 4.78 is 0. The number of aromatic nitrogens is 1. The molecule has 0 saturated carbocycles. The van der Waals surface area contributed by atoms with Gasteiger partial charge in [-0.2, -0.15) is 0 Å². The zero-order valence-corrected chi connectivity index (χ0v) is 10.0. The third kappa shape index (κ3) is 2.95. The molecule has 1 unspecified atom stereocenters. The van der Waals surface area contributed by atoms with Crippen LogP contribution in [0.2, 0.25) is 0 Å². The smallest absolute Gasteiger partial charge is 0.252 e. The molecule has 0 saturated heterocycles. The normalized spacial score (nSPS) is 12.5. The van der Waals surface area contributed by atoms with Crippen LogP contribution in [0, 0.1) is 5.92 Å². The number of carbonyl (C=O) groups excluding carboxylic acids is 1. The first-order valence-electron chi connectivity index (χ1n) is 5.57. The van der Waals surface area contributed by atoms with Crippen molar-refractivity contribution in [1.82, 2.24) is 4.98 Å². The number of nitrogens with one attached hydrogen (secondary N) is 1. The Bertz CT molecular complexity index is 363. The van der Waals surface area contributed by atoms with Gasteiger partial charge in [-0.1, -0.05) is 20.8 Å². The van der Waals surface area contributed by atoms with Crippen molar-refractivity contribution in [2.75, 3.05) is 5.32 Å². The second-order valence-corrected chi connectivity index (χ2v) is 4.17. The van der Waals surface area contributed by atoms with Crippen molar-refractivity contribution in [3.63, 3.8) is 0 Å². The Morgan fingerprint density at radius 1 is 1.56 bits per heavy atom. The average Bonchev–Trinajstić information content (AvgIpc) is 2.25. The van der Waals surface area contributed by atoms with Gasteiger partial charge in [0.15, 0.2) is 0 Å². The van der Waals surface area contributed by atoms with Gasteiger partial charge >= 0.3 is 0 Å². The van der Waals surface area contributed by atoms with Gasteiger partial charge in [-0.3, -0.25) is 4.79 Å². The summed E-state index contributed by atoms with van der Waals surface area (Å²) in [5, 5.41) is 3.27. The number of hydrogen-bond acceptors (Lipinski definition) is 3. The van der Waals surface area contributed by atoms with E-state index in [2.05, 4.69) is 31.1 Å². The van der Waals surface area contributed by atoms with Crippen LogP contribution in [0.15, 0.2) is 18.3 Å². The van der Waals surface area contributed by atoms with E-state index in [1.807, 2.05) is 0 Å². The summed E-state index contributed by atoms with van der Waals surface area (Å²) in [6.07, 6.45) is 2.63. The van der Waals surface area contributed by atoms with Gasteiger partial charge < -0.3 is 11.1 Å². The molecular weight excluding hydrogens is 202 g/mol. The molecule has 88 valence electrons. The molecule has 16 heavy (non-hydrogen) atoms. The van der Waals surface area contributed by atoms with Gasteiger partial charge in [0.1, 0.15) is 5.82 Å². The predicted octanol–water partition coefficient (Wildman–Crippen LogP) is 2.03. The lowest BCUT2D eigenvalue weighted by atomic mass is 10.0. The maximum atomic E-state index is 11.2. The molecule has 1 atom stereocenters. The summed E-state index contributed by atoms with van der Waals surface area (Å²) in [6, 6.07) is 3.69. The molecule has 3 N–H and O–H groups in total. The molecule has 0 aliphatic rings. The van der Waals surface area contributed by atoms with Crippen LogP contribution >= 0.6 is 0 Å². The van der Waals surface area contributed by atoms with Crippen LogP contribution in [-0.2, 0) is 0 Å². The van der Waals surface area contributed by atoms with Gasteiger partial charge in [-0.15, -0.1) is 0 Å². The van der Waals surface area contributed by atoms with Crippen molar-refractivity contribution in [3.8, 4) is 0 Å². The van der Waals surface area contributed by atoms with Crippen LogP contribution in [0.5, 0.6) is 0 Å². The molecule has 0 spiro atoms. The first kappa shape index (κ1) is 12.5. The number of anilines is 1. The summed E-state index contributed by atoms with van der Waals surface area (Å²) in [5.41, 5.74) is 5.73. The molecule has 1 rings (SSSR count). The van der Waals surface area contributed by atoms with Crippen molar-refractivity contribution in [1.29, 1.82) is 0 Å². The number of carbonyl (C=O) groups is 1. The molecule has 4 nitrogen and oxygen atoms in total. The van der Waals surface area contributed by atoms with Crippen LogP contribution < -0.4 is 11.1 Å². The Kier molecular flexibility index (Phi) is 4.28. The minimum absolute atomic E-state index is 0.299. The number of pyridine rings is 1. The zero-order chi connectivity index (χ0) is 12.1. The fourth-order valence-corrected chi connectivity index (χ4v) is 1.63. The molecule has 0 aromatic carbocycles. The zero-order valence-electron chi connectivity index (χ0n) is 10.0. The van der Waals surface area contributed by atoms with Crippen LogP contribution in [0.1, 0.15) is 37.6 Å². The Morgan fingerprint density at radius 3 is 2.75 bits per heavy atom. The van der Waals surface area contributed by atoms with E-state index in [1.165, 1.54) is 0 Å². The molecule has 0 radical (unpaired) electrons. The Labute approximate surface area is 96.3 Å². The highest BCUT2D eigenvalue weighted by molar-refractivity contribution is 5.97. The number of amides is 1. The fraction of sp³-hybridized carbons (Fsp3) is 0.500. The number of nitrogens with zero attached hydrogens (tertiary/aromatic N) is 1. The van der Waals surface area contributed by atoms with E-state index in [4.69, 9.17) is 5.73 Å². The van der Waals surface area contributed by atoms with Gasteiger partial charge in [-0.25, -0.2) is 4.98 Å². The van der Waals surface area contributed by atoms with Crippen molar-refractivity contribution in [2.45, 2.75) is 33.2 Å². The molecule has 0 fully saturated rings. The Balaban J connectivity index is 2.91. The largest absolute Gasteiger partial charge is 0.366 e. The maximum absolute atomic E-state index is 11.2. The van der Waals surface area contributed by atoms with Crippen molar-refractivity contribution < 1.29 is 4.79 Å². The monoisotopic (exact) mass is 221 g/mol. The quantitative estimate of drug-likeness (QED) is 0.799. The van der Waals surface area contributed by atoms with Crippen molar-refractivity contribution in [3.05, 3.63) is 23.9 Å². The number of hydrogen-bond donors (Lipinski definition) is 2. The molecule has 0 aliphatic carbocycles. The third-order valence-electron chi connectivity index (χ3n) is 2.64. The molecule has 0 aliphatic heterocycles. The van der Waals surface area contributed by atoms with E-state index in [9.17, 15) is 4.79 Å². The molecule has 1 aromatic heterocycles. The fourth-order valence-electron chi connectivity index (χ4n) is 1.63. The molecule has 1 heterocycles. The second kappa shape index (κ2) is 5.49. The maximum Gasteiger partial charge on any atom is 0.252 e. The number of primary amides is 1. The van der Waals surface area contributed by atoms with Crippen LogP contribution in [0.4, 0.5) is 5.82 Å². The van der Waals surface area contributed by atoms with Gasteiger partial charge in [0.2, 0.25) is 0 Å². The van der Waals surface area contributed by atoms with Crippen LogP contribution in [0.3, 0.4) is 0 Å². The highest BCUT2D eigenvalue weighted by Gasteiger charge is 2.15.